The maximum Gasteiger partial charge on any atom is 0.410 e. The van der Waals surface area contributed by atoms with Gasteiger partial charge in [0.25, 0.3) is 0 Å². The van der Waals surface area contributed by atoms with Crippen LogP contribution in [0.15, 0.2) is 16.9 Å². The van der Waals surface area contributed by atoms with E-state index in [0.29, 0.717) is 18.0 Å². The van der Waals surface area contributed by atoms with Crippen LogP contribution in [0.4, 0.5) is 4.79 Å². The topological polar surface area (TPSA) is 122 Å². The van der Waals surface area contributed by atoms with Gasteiger partial charge < -0.3 is 15.4 Å². The molecule has 1 unspecified atom stereocenters. The third kappa shape index (κ3) is 5.00. The van der Waals surface area contributed by atoms with Crippen molar-refractivity contribution in [1.82, 2.24) is 9.80 Å². The van der Waals surface area contributed by atoms with Gasteiger partial charge in [-0.25, -0.2) is 13.2 Å². The van der Waals surface area contributed by atoms with E-state index in [9.17, 15) is 18.0 Å². The molecule has 1 fully saturated rings. The lowest BCUT2D eigenvalue weighted by Crippen LogP contribution is -2.50. The summed E-state index contributed by atoms with van der Waals surface area (Å²) in [6.07, 6.45) is 1.80. The lowest BCUT2D eigenvalue weighted by atomic mass is 10.1. The molecule has 0 aliphatic carbocycles. The highest BCUT2D eigenvalue weighted by Gasteiger charge is 2.40. The van der Waals surface area contributed by atoms with E-state index in [2.05, 4.69) is 4.99 Å². The molecule has 2 N–H and O–H groups in total. The van der Waals surface area contributed by atoms with Gasteiger partial charge in [0.05, 0.1) is 35.8 Å². The van der Waals surface area contributed by atoms with E-state index in [1.165, 1.54) is 16.0 Å². The molecule has 0 radical (unpaired) electrons. The van der Waals surface area contributed by atoms with E-state index in [-0.39, 0.29) is 31.5 Å². The van der Waals surface area contributed by atoms with Crippen molar-refractivity contribution in [2.75, 3.05) is 25.9 Å². The zero-order valence-electron chi connectivity index (χ0n) is 16.4. The largest absolute Gasteiger partial charge is 0.444 e. The van der Waals surface area contributed by atoms with E-state index >= 15 is 0 Å². The summed E-state index contributed by atoms with van der Waals surface area (Å²) in [4.78, 5) is 32.2. The number of likely N-dealkylation sites (tertiary alicyclic amines) is 1. The quantitative estimate of drug-likeness (QED) is 0.736. The molecule has 0 saturated carbocycles. The first-order valence-corrected chi connectivity index (χ1v) is 10.7. The Morgan fingerprint density at radius 1 is 1.37 bits per heavy atom. The summed E-state index contributed by atoms with van der Waals surface area (Å²) in [7, 11) is -3.35. The van der Waals surface area contributed by atoms with Gasteiger partial charge in [0, 0.05) is 25.4 Å². The molecule has 27 heavy (non-hydrogen) atoms. The molecule has 2 heterocycles. The second-order valence-electron chi connectivity index (χ2n) is 7.96. The highest BCUT2D eigenvalue weighted by Crippen LogP contribution is 2.24. The molecule has 2 amide bonds. The van der Waals surface area contributed by atoms with Crippen LogP contribution in [0.5, 0.6) is 0 Å². The van der Waals surface area contributed by atoms with Gasteiger partial charge in [-0.05, 0) is 27.7 Å². The highest BCUT2D eigenvalue weighted by atomic mass is 32.2. The first kappa shape index (κ1) is 21.2. The maximum atomic E-state index is 12.5. The molecule has 1 saturated heterocycles. The van der Waals surface area contributed by atoms with Crippen molar-refractivity contribution in [1.29, 1.82) is 0 Å². The van der Waals surface area contributed by atoms with E-state index in [1.807, 2.05) is 6.92 Å². The monoisotopic (exact) mass is 400 g/mol. The molecule has 0 spiro atoms. The predicted octanol–water partition coefficient (Wildman–Crippen LogP) is 0.512. The van der Waals surface area contributed by atoms with Crippen molar-refractivity contribution in [2.45, 2.75) is 51.0 Å². The van der Waals surface area contributed by atoms with E-state index in [1.54, 1.807) is 20.8 Å². The molecular formula is C17H28N4O5S. The smallest absolute Gasteiger partial charge is 0.410 e. The second kappa shape index (κ2) is 7.49. The Morgan fingerprint density at radius 3 is 2.48 bits per heavy atom. The third-order valence-corrected chi connectivity index (χ3v) is 5.99. The first-order chi connectivity index (χ1) is 12.3. The second-order valence-corrected chi connectivity index (χ2v) is 10.3. The number of rotatable bonds is 3. The summed E-state index contributed by atoms with van der Waals surface area (Å²) >= 11 is 0. The third-order valence-electron chi connectivity index (χ3n) is 4.47. The molecule has 2 atom stereocenters. The minimum absolute atomic E-state index is 0.0295. The molecule has 0 aromatic rings. The zero-order valence-corrected chi connectivity index (χ0v) is 17.2. The first-order valence-electron chi connectivity index (χ1n) is 8.78. The Balaban J connectivity index is 2.21. The molecule has 9 nitrogen and oxygen atoms in total. The summed E-state index contributed by atoms with van der Waals surface area (Å²) in [5.41, 5.74) is 5.91. The molecule has 2 rings (SSSR count). The number of nitrogens with two attached hydrogens (primary N) is 1. The van der Waals surface area contributed by atoms with E-state index in [4.69, 9.17) is 10.5 Å². The van der Waals surface area contributed by atoms with Crippen LogP contribution in [0, 0.1) is 0 Å². The average Bonchev–Trinajstić information content (AvgIpc) is 2.90. The minimum atomic E-state index is -3.35. The fourth-order valence-electron chi connectivity index (χ4n) is 2.97. The Kier molecular flexibility index (Phi) is 5.88. The van der Waals surface area contributed by atoms with Gasteiger partial charge in [-0.1, -0.05) is 0 Å². The summed E-state index contributed by atoms with van der Waals surface area (Å²) in [5.74, 6) is -0.327. The number of hydrogen-bond donors (Lipinski definition) is 1. The minimum Gasteiger partial charge on any atom is -0.444 e. The Hall–Kier alpha value is -2.10. The number of aliphatic imine (C=N–C) groups is 1. The highest BCUT2D eigenvalue weighted by molar-refractivity contribution is 7.91. The molecule has 0 aromatic carbocycles. The van der Waals surface area contributed by atoms with Crippen molar-refractivity contribution in [2.24, 2.45) is 10.7 Å². The fraction of sp³-hybridized carbons (Fsp3) is 0.706. The SMILES string of the molecule is C[C@H]1CN=C(C(=CN)N2CC(S(C)(=O)=O)CC2=O)CN1C(=O)OC(C)(C)C. The van der Waals surface area contributed by atoms with Crippen LogP contribution in [0.25, 0.3) is 0 Å². The van der Waals surface area contributed by atoms with Gasteiger partial charge in [0.15, 0.2) is 9.84 Å². The van der Waals surface area contributed by atoms with Crippen LogP contribution in [0.1, 0.15) is 34.1 Å². The average molecular weight is 401 g/mol. The predicted molar refractivity (Wildman–Crippen MR) is 102 cm³/mol. The van der Waals surface area contributed by atoms with Crippen LogP contribution >= 0.6 is 0 Å². The van der Waals surface area contributed by atoms with Gasteiger partial charge in [-0.2, -0.15) is 0 Å². The van der Waals surface area contributed by atoms with Gasteiger partial charge in [0.2, 0.25) is 5.91 Å². The van der Waals surface area contributed by atoms with Crippen LogP contribution in [0.2, 0.25) is 0 Å². The Morgan fingerprint density at radius 2 is 2.00 bits per heavy atom. The van der Waals surface area contributed by atoms with Gasteiger partial charge in [-0.3, -0.25) is 14.7 Å². The molecular weight excluding hydrogens is 372 g/mol. The lowest BCUT2D eigenvalue weighted by molar-refractivity contribution is -0.125. The molecule has 2 aliphatic heterocycles. The van der Waals surface area contributed by atoms with Crippen molar-refractivity contribution in [3.05, 3.63) is 11.9 Å². The van der Waals surface area contributed by atoms with Gasteiger partial charge >= 0.3 is 6.09 Å². The van der Waals surface area contributed by atoms with E-state index < -0.39 is 26.8 Å². The normalized spacial score (nSPS) is 24.9. The van der Waals surface area contributed by atoms with Crippen LogP contribution in [-0.2, 0) is 19.4 Å². The number of hydrogen-bond acceptors (Lipinski definition) is 7. The number of ether oxygens (including phenoxy) is 1. The Bertz CT molecular complexity index is 782. The summed E-state index contributed by atoms with van der Waals surface area (Å²) in [6, 6.07) is -0.166. The number of nitrogens with zero attached hydrogens (tertiary/aromatic N) is 3. The molecule has 152 valence electrons. The van der Waals surface area contributed by atoms with Crippen LogP contribution in [0.3, 0.4) is 0 Å². The fourth-order valence-corrected chi connectivity index (χ4v) is 3.84. The zero-order chi connectivity index (χ0) is 20.6. The molecule has 2 aliphatic rings. The van der Waals surface area contributed by atoms with Crippen molar-refractivity contribution >= 4 is 27.5 Å². The van der Waals surface area contributed by atoms with Crippen LogP contribution in [-0.4, -0.2) is 78.7 Å². The number of sulfone groups is 1. The summed E-state index contributed by atoms with van der Waals surface area (Å²) in [6.45, 7) is 7.71. The van der Waals surface area contributed by atoms with Crippen molar-refractivity contribution < 1.29 is 22.7 Å². The molecule has 0 aromatic heterocycles. The van der Waals surface area contributed by atoms with Crippen molar-refractivity contribution in [3.8, 4) is 0 Å². The van der Waals surface area contributed by atoms with Gasteiger partial charge in [0.1, 0.15) is 5.60 Å². The van der Waals surface area contributed by atoms with Gasteiger partial charge in [-0.15, -0.1) is 0 Å². The lowest BCUT2D eigenvalue weighted by Gasteiger charge is -2.35. The molecule has 10 heteroatoms. The number of carbonyl (C=O) groups excluding carboxylic acids is 2. The maximum absolute atomic E-state index is 12.5. The van der Waals surface area contributed by atoms with E-state index in [0.717, 1.165) is 6.26 Å². The summed E-state index contributed by atoms with van der Waals surface area (Å²) < 4.78 is 29.0. The van der Waals surface area contributed by atoms with Crippen molar-refractivity contribution in [3.63, 3.8) is 0 Å². The standard InChI is InChI=1S/C17H28N4O5S/c1-11-8-19-13(10-20(11)16(23)26-17(2,3)4)14(7-18)21-9-12(6-15(21)22)27(5,24)25/h7,11-12H,6,8-10,18H2,1-5H3/t11-,12?/m0/s1. The Labute approximate surface area is 160 Å². The van der Waals surface area contributed by atoms with Crippen LogP contribution < -0.4 is 5.73 Å². The number of carbonyl (C=O) groups is 2. The molecule has 0 bridgehead atoms. The number of amides is 2. The summed E-state index contributed by atoms with van der Waals surface area (Å²) in [5, 5.41) is -0.773.